The quantitative estimate of drug-likeness (QED) is 0.707. The second-order valence-corrected chi connectivity index (χ2v) is 4.06. The van der Waals surface area contributed by atoms with Crippen LogP contribution >= 0.6 is 0 Å². The fourth-order valence-electron chi connectivity index (χ4n) is 2.02. The smallest absolute Gasteiger partial charge is 0.0992 e. The van der Waals surface area contributed by atoms with Gasteiger partial charge in [0.15, 0.2) is 0 Å². The first-order chi connectivity index (χ1) is 8.86. The van der Waals surface area contributed by atoms with E-state index in [1.54, 1.807) is 6.07 Å². The Hall–Kier alpha value is -2.73. The van der Waals surface area contributed by atoms with Gasteiger partial charge in [0, 0.05) is 28.5 Å². The van der Waals surface area contributed by atoms with Gasteiger partial charge in [-0.1, -0.05) is 12.1 Å². The lowest BCUT2D eigenvalue weighted by Gasteiger charge is -2.07. The van der Waals surface area contributed by atoms with Crippen molar-refractivity contribution in [2.75, 3.05) is 5.32 Å². The first kappa shape index (κ1) is 10.4. The molecule has 0 unspecified atom stereocenters. The third-order valence-electron chi connectivity index (χ3n) is 2.87. The zero-order chi connectivity index (χ0) is 12.4. The van der Waals surface area contributed by atoms with Gasteiger partial charge in [-0.15, -0.1) is 0 Å². The molecule has 1 heterocycles. The number of aromatic amines is 1. The van der Waals surface area contributed by atoms with Crippen LogP contribution in [0.1, 0.15) is 5.56 Å². The number of nitrogens with one attached hydrogen (secondary N) is 2. The largest absolute Gasteiger partial charge is 0.361 e. The maximum absolute atomic E-state index is 8.88. The number of hydrogen-bond acceptors (Lipinski definition) is 2. The van der Waals surface area contributed by atoms with E-state index in [2.05, 4.69) is 16.4 Å². The molecular formula is C15H11N3. The van der Waals surface area contributed by atoms with E-state index in [-0.39, 0.29) is 0 Å². The number of hydrogen-bond donors (Lipinski definition) is 2. The number of aromatic nitrogens is 1. The minimum atomic E-state index is 0.654. The van der Waals surface area contributed by atoms with Crippen molar-refractivity contribution < 1.29 is 0 Å². The van der Waals surface area contributed by atoms with E-state index in [4.69, 9.17) is 5.26 Å². The first-order valence-electron chi connectivity index (χ1n) is 5.70. The van der Waals surface area contributed by atoms with Crippen LogP contribution in [0, 0.1) is 11.3 Å². The van der Waals surface area contributed by atoms with Crippen LogP contribution in [0.2, 0.25) is 0 Å². The van der Waals surface area contributed by atoms with E-state index >= 15 is 0 Å². The summed E-state index contributed by atoms with van der Waals surface area (Å²) in [6.45, 7) is 0. The lowest BCUT2D eigenvalue weighted by molar-refractivity contribution is 1.47. The molecule has 0 amide bonds. The summed E-state index contributed by atoms with van der Waals surface area (Å²) in [4.78, 5) is 3.18. The maximum atomic E-state index is 8.88. The van der Waals surface area contributed by atoms with E-state index in [1.807, 2.05) is 48.7 Å². The second-order valence-electron chi connectivity index (χ2n) is 4.06. The monoisotopic (exact) mass is 233 g/mol. The van der Waals surface area contributed by atoms with Gasteiger partial charge in [-0.2, -0.15) is 5.26 Å². The molecule has 18 heavy (non-hydrogen) atoms. The summed E-state index contributed by atoms with van der Waals surface area (Å²) in [7, 11) is 0. The molecule has 3 rings (SSSR count). The predicted octanol–water partition coefficient (Wildman–Crippen LogP) is 3.78. The van der Waals surface area contributed by atoms with Gasteiger partial charge < -0.3 is 10.3 Å². The van der Waals surface area contributed by atoms with E-state index in [0.29, 0.717) is 5.56 Å². The second kappa shape index (κ2) is 4.27. The van der Waals surface area contributed by atoms with Gasteiger partial charge in [-0.05, 0) is 36.4 Å². The van der Waals surface area contributed by atoms with Gasteiger partial charge in [0.25, 0.3) is 0 Å². The van der Waals surface area contributed by atoms with Gasteiger partial charge in [-0.3, -0.25) is 0 Å². The van der Waals surface area contributed by atoms with Crippen molar-refractivity contribution in [3.05, 3.63) is 60.3 Å². The van der Waals surface area contributed by atoms with E-state index < -0.39 is 0 Å². The zero-order valence-corrected chi connectivity index (χ0v) is 9.64. The molecule has 0 aliphatic carbocycles. The topological polar surface area (TPSA) is 51.6 Å². The number of nitriles is 1. The Morgan fingerprint density at radius 2 is 1.94 bits per heavy atom. The fourth-order valence-corrected chi connectivity index (χ4v) is 2.02. The van der Waals surface area contributed by atoms with Gasteiger partial charge in [0.05, 0.1) is 11.6 Å². The van der Waals surface area contributed by atoms with Crippen LogP contribution in [0.15, 0.2) is 54.7 Å². The van der Waals surface area contributed by atoms with Crippen LogP contribution in [0.25, 0.3) is 10.9 Å². The van der Waals surface area contributed by atoms with Crippen LogP contribution < -0.4 is 5.32 Å². The molecule has 1 aromatic heterocycles. The van der Waals surface area contributed by atoms with Gasteiger partial charge >= 0.3 is 0 Å². The standard InChI is InChI=1S/C15H11N3/c16-10-11-3-1-4-12(9-11)18-15-6-2-5-14-13(15)7-8-17-14/h1-9,17-18H. The minimum absolute atomic E-state index is 0.654. The molecule has 0 bridgehead atoms. The fraction of sp³-hybridized carbons (Fsp3) is 0. The number of rotatable bonds is 2. The average molecular weight is 233 g/mol. The summed E-state index contributed by atoms with van der Waals surface area (Å²) < 4.78 is 0. The van der Waals surface area contributed by atoms with Crippen molar-refractivity contribution in [3.8, 4) is 6.07 Å². The third-order valence-corrected chi connectivity index (χ3v) is 2.87. The van der Waals surface area contributed by atoms with Crippen LogP contribution in [0.3, 0.4) is 0 Å². The van der Waals surface area contributed by atoms with E-state index in [0.717, 1.165) is 22.3 Å². The first-order valence-corrected chi connectivity index (χ1v) is 5.70. The van der Waals surface area contributed by atoms with Crippen LogP contribution in [0.4, 0.5) is 11.4 Å². The number of benzene rings is 2. The summed E-state index contributed by atoms with van der Waals surface area (Å²) in [6.07, 6.45) is 1.92. The Morgan fingerprint density at radius 3 is 2.83 bits per heavy atom. The van der Waals surface area contributed by atoms with Gasteiger partial charge in [0.2, 0.25) is 0 Å². The maximum Gasteiger partial charge on any atom is 0.0992 e. The Kier molecular flexibility index (Phi) is 2.47. The average Bonchev–Trinajstić information content (AvgIpc) is 2.88. The molecule has 86 valence electrons. The van der Waals surface area contributed by atoms with Crippen LogP contribution in [-0.2, 0) is 0 Å². The third kappa shape index (κ3) is 1.80. The molecular weight excluding hydrogens is 222 g/mol. The summed E-state index contributed by atoms with van der Waals surface area (Å²) in [5.74, 6) is 0. The van der Waals surface area contributed by atoms with Crippen molar-refractivity contribution in [3.63, 3.8) is 0 Å². The molecule has 2 aromatic carbocycles. The van der Waals surface area contributed by atoms with Crippen molar-refractivity contribution in [1.29, 1.82) is 5.26 Å². The molecule has 0 fully saturated rings. The molecule has 0 saturated heterocycles. The van der Waals surface area contributed by atoms with Gasteiger partial charge in [-0.25, -0.2) is 0 Å². The summed E-state index contributed by atoms with van der Waals surface area (Å²) in [5, 5.41) is 13.4. The Bertz CT molecular complexity index is 735. The Morgan fingerprint density at radius 1 is 1.06 bits per heavy atom. The highest BCUT2D eigenvalue weighted by Gasteiger charge is 2.02. The zero-order valence-electron chi connectivity index (χ0n) is 9.64. The van der Waals surface area contributed by atoms with Crippen molar-refractivity contribution >= 4 is 22.3 Å². The molecule has 0 radical (unpaired) electrons. The molecule has 0 aliphatic heterocycles. The molecule has 3 heteroatoms. The highest BCUT2D eigenvalue weighted by molar-refractivity contribution is 5.93. The Labute approximate surface area is 105 Å². The highest BCUT2D eigenvalue weighted by Crippen LogP contribution is 2.25. The molecule has 3 aromatic rings. The minimum Gasteiger partial charge on any atom is -0.361 e. The molecule has 0 spiro atoms. The molecule has 0 aliphatic rings. The lowest BCUT2D eigenvalue weighted by Crippen LogP contribution is -1.91. The van der Waals surface area contributed by atoms with Gasteiger partial charge in [0.1, 0.15) is 0 Å². The summed E-state index contributed by atoms with van der Waals surface area (Å²) in [5.41, 5.74) is 3.70. The SMILES string of the molecule is N#Cc1cccc(Nc2cccc3[nH]ccc23)c1. The van der Waals surface area contributed by atoms with Crippen molar-refractivity contribution in [2.45, 2.75) is 0 Å². The summed E-state index contributed by atoms with van der Waals surface area (Å²) in [6, 6.07) is 17.7. The Balaban J connectivity index is 2.01. The van der Waals surface area contributed by atoms with Crippen LogP contribution in [0.5, 0.6) is 0 Å². The number of H-pyrrole nitrogens is 1. The van der Waals surface area contributed by atoms with Crippen molar-refractivity contribution in [2.24, 2.45) is 0 Å². The number of fused-ring (bicyclic) bond motifs is 1. The van der Waals surface area contributed by atoms with E-state index in [1.165, 1.54) is 0 Å². The number of nitrogens with zero attached hydrogens (tertiary/aromatic N) is 1. The molecule has 0 saturated carbocycles. The summed E-state index contributed by atoms with van der Waals surface area (Å²) >= 11 is 0. The molecule has 2 N–H and O–H groups in total. The lowest BCUT2D eigenvalue weighted by atomic mass is 10.2. The normalized spacial score (nSPS) is 10.2. The predicted molar refractivity (Wildman–Crippen MR) is 72.7 cm³/mol. The van der Waals surface area contributed by atoms with E-state index in [9.17, 15) is 0 Å². The number of anilines is 2. The molecule has 3 nitrogen and oxygen atoms in total. The van der Waals surface area contributed by atoms with Crippen molar-refractivity contribution in [1.82, 2.24) is 4.98 Å². The molecule has 0 atom stereocenters. The highest BCUT2D eigenvalue weighted by atomic mass is 14.9. The van der Waals surface area contributed by atoms with Crippen LogP contribution in [-0.4, -0.2) is 4.98 Å².